The molecule has 1 aliphatic carbocycles. The summed E-state index contributed by atoms with van der Waals surface area (Å²) in [6.45, 7) is 2.59. The van der Waals surface area contributed by atoms with Gasteiger partial charge < -0.3 is 15.2 Å². The summed E-state index contributed by atoms with van der Waals surface area (Å²) in [4.78, 5) is 3.57. The largest absolute Gasteiger partial charge is 0.574 e. The zero-order valence-electron chi connectivity index (χ0n) is 21.1. The van der Waals surface area contributed by atoms with Crippen molar-refractivity contribution in [2.45, 2.75) is 61.7 Å². The predicted octanol–water partition coefficient (Wildman–Crippen LogP) is 6.25. The van der Waals surface area contributed by atoms with Crippen molar-refractivity contribution < 1.29 is 44.6 Å². The first-order valence-corrected chi connectivity index (χ1v) is 13.4. The number of pyridine rings is 1. The first kappa shape index (κ1) is 28.0. The summed E-state index contributed by atoms with van der Waals surface area (Å²) in [6, 6.07) is 11.0. The number of hydrogen-bond acceptors (Lipinski definition) is 6. The highest BCUT2D eigenvalue weighted by atomic mass is 32.2. The smallest absolute Gasteiger partial charge is 0.388 e. The molecule has 0 atom stereocenters. The second-order valence-electron chi connectivity index (χ2n) is 10.2. The van der Waals surface area contributed by atoms with Gasteiger partial charge in [-0.1, -0.05) is 18.2 Å². The lowest BCUT2D eigenvalue weighted by Gasteiger charge is -2.27. The van der Waals surface area contributed by atoms with E-state index in [0.29, 0.717) is 5.56 Å². The summed E-state index contributed by atoms with van der Waals surface area (Å²) < 4.78 is 112. The fourth-order valence-corrected chi connectivity index (χ4v) is 6.07. The molecule has 3 aromatic rings. The molecule has 40 heavy (non-hydrogen) atoms. The molecule has 0 unspecified atom stereocenters. The molecular weight excluding hydrogens is 564 g/mol. The van der Waals surface area contributed by atoms with Crippen molar-refractivity contribution >= 4 is 27.2 Å². The van der Waals surface area contributed by atoms with Crippen LogP contribution < -0.4 is 14.4 Å². The molecule has 0 radical (unpaired) electrons. The van der Waals surface area contributed by atoms with Crippen LogP contribution >= 0.6 is 0 Å². The van der Waals surface area contributed by atoms with Crippen molar-refractivity contribution in [1.82, 2.24) is 4.98 Å². The highest BCUT2D eigenvalue weighted by molar-refractivity contribution is 7.92. The lowest BCUT2D eigenvalue weighted by Crippen LogP contribution is -2.31. The van der Waals surface area contributed by atoms with Gasteiger partial charge in [-0.05, 0) is 68.1 Å². The van der Waals surface area contributed by atoms with Crippen LogP contribution in [0.1, 0.15) is 43.4 Å². The number of alkyl halides is 6. The summed E-state index contributed by atoms with van der Waals surface area (Å²) in [5.74, 6) is -0.855. The van der Waals surface area contributed by atoms with Crippen molar-refractivity contribution in [3.8, 4) is 5.88 Å². The van der Waals surface area contributed by atoms with E-state index in [1.807, 2.05) is 0 Å². The Bertz CT molecular complexity index is 1560. The molecule has 5 rings (SSSR count). The highest BCUT2D eigenvalue weighted by Crippen LogP contribution is 2.59. The van der Waals surface area contributed by atoms with Crippen LogP contribution in [0.5, 0.6) is 5.88 Å². The number of aliphatic hydroxyl groups is 1. The molecule has 1 aliphatic heterocycles. The van der Waals surface area contributed by atoms with Gasteiger partial charge in [0, 0.05) is 11.6 Å². The fourth-order valence-electron chi connectivity index (χ4n) is 4.62. The van der Waals surface area contributed by atoms with Gasteiger partial charge in [-0.3, -0.25) is 4.31 Å². The second kappa shape index (κ2) is 8.99. The van der Waals surface area contributed by atoms with Crippen LogP contribution in [0, 0.1) is 0 Å². The average molecular weight is 588 g/mol. The van der Waals surface area contributed by atoms with Crippen molar-refractivity contribution in [3.05, 3.63) is 71.3 Å². The third kappa shape index (κ3) is 5.05. The minimum absolute atomic E-state index is 0.0343. The summed E-state index contributed by atoms with van der Waals surface area (Å²) >= 11 is 0. The molecule has 0 bridgehead atoms. The minimum atomic E-state index is -5.00. The molecule has 7 nitrogen and oxygen atoms in total. The van der Waals surface area contributed by atoms with Gasteiger partial charge in [-0.15, -0.1) is 13.2 Å². The Labute approximate surface area is 225 Å². The monoisotopic (exact) mass is 587 g/mol. The lowest BCUT2D eigenvalue weighted by atomic mass is 9.95. The van der Waals surface area contributed by atoms with Crippen molar-refractivity contribution in [3.63, 3.8) is 0 Å². The fraction of sp³-hybridized carbons (Fsp3) is 0.346. The van der Waals surface area contributed by atoms with Crippen LogP contribution in [0.15, 0.2) is 59.5 Å². The highest BCUT2D eigenvalue weighted by Gasteiger charge is 2.64. The van der Waals surface area contributed by atoms with Gasteiger partial charge in [0.15, 0.2) is 0 Å². The Kier molecular flexibility index (Phi) is 6.30. The Morgan fingerprint density at radius 1 is 0.975 bits per heavy atom. The van der Waals surface area contributed by atoms with E-state index in [1.54, 1.807) is 0 Å². The SMILES string of the molecule is CC(C)(O)c1ccc2c(c1)N(S(=O)(=O)c1ccc(C3(C(F)(F)F)CC3)cc1)Cc1ccc(OC(F)(F)F)nc1N2. The Balaban J connectivity index is 1.60. The first-order valence-electron chi connectivity index (χ1n) is 12.0. The zero-order chi connectivity index (χ0) is 29.3. The van der Waals surface area contributed by atoms with Crippen molar-refractivity contribution in [2.75, 3.05) is 9.62 Å². The van der Waals surface area contributed by atoms with Crippen LogP contribution in [0.25, 0.3) is 0 Å². The van der Waals surface area contributed by atoms with E-state index in [9.17, 15) is 39.9 Å². The summed E-state index contributed by atoms with van der Waals surface area (Å²) in [6.07, 6.45) is -9.64. The Morgan fingerprint density at radius 2 is 1.62 bits per heavy atom. The maximum absolute atomic E-state index is 13.9. The van der Waals surface area contributed by atoms with Crippen LogP contribution in [0.2, 0.25) is 0 Å². The molecular formula is C26H23F6N3O4S. The third-order valence-corrected chi connectivity index (χ3v) is 8.77. The van der Waals surface area contributed by atoms with E-state index in [2.05, 4.69) is 15.0 Å². The van der Waals surface area contributed by atoms with E-state index < -0.39 is 39.5 Å². The van der Waals surface area contributed by atoms with Gasteiger partial charge >= 0.3 is 12.5 Å². The topological polar surface area (TPSA) is 91.8 Å². The number of sulfonamides is 1. The normalized spacial score (nSPS) is 16.9. The maximum Gasteiger partial charge on any atom is 0.574 e. The van der Waals surface area contributed by atoms with Crippen LogP contribution in [0.4, 0.5) is 43.5 Å². The molecule has 0 saturated heterocycles. The minimum Gasteiger partial charge on any atom is -0.388 e. The first-order chi connectivity index (χ1) is 18.4. The molecule has 2 heterocycles. The Morgan fingerprint density at radius 3 is 2.17 bits per heavy atom. The standard InChI is InChI=1S/C26H23F6N3O4S/c1-23(2,36)17-6-9-19-20(13-17)35(14-15-3-10-21(34-22(15)33-19)39-26(30,31)32)40(37,38)18-7-4-16(5-8-18)24(11-12-24)25(27,28)29/h3-10,13,36H,11-12,14H2,1-2H3,(H,33,34). The molecule has 2 aromatic carbocycles. The molecule has 1 aromatic heterocycles. The van der Waals surface area contributed by atoms with Gasteiger partial charge in [0.25, 0.3) is 10.0 Å². The molecule has 1 fully saturated rings. The van der Waals surface area contributed by atoms with E-state index in [0.717, 1.165) is 34.6 Å². The number of anilines is 3. The zero-order valence-corrected chi connectivity index (χ0v) is 21.9. The summed E-state index contributed by atoms with van der Waals surface area (Å²) in [7, 11) is -4.43. The number of hydrogen-bond donors (Lipinski definition) is 2. The second-order valence-corrected chi connectivity index (χ2v) is 12.1. The number of aromatic nitrogens is 1. The van der Waals surface area contributed by atoms with Gasteiger partial charge in [0.2, 0.25) is 5.88 Å². The number of nitrogens with one attached hydrogen (secondary N) is 1. The molecule has 2 N–H and O–H groups in total. The number of benzene rings is 2. The molecule has 14 heteroatoms. The van der Waals surface area contributed by atoms with E-state index in [4.69, 9.17) is 0 Å². The third-order valence-electron chi connectivity index (χ3n) is 7.00. The van der Waals surface area contributed by atoms with Crippen LogP contribution in [0.3, 0.4) is 0 Å². The van der Waals surface area contributed by atoms with Crippen LogP contribution in [-0.4, -0.2) is 31.0 Å². The van der Waals surface area contributed by atoms with Gasteiger partial charge in [-0.2, -0.15) is 18.2 Å². The van der Waals surface area contributed by atoms with Gasteiger partial charge in [0.1, 0.15) is 5.82 Å². The van der Waals surface area contributed by atoms with E-state index in [-0.39, 0.29) is 52.6 Å². The van der Waals surface area contributed by atoms with Crippen molar-refractivity contribution in [2.24, 2.45) is 0 Å². The molecule has 0 spiro atoms. The van der Waals surface area contributed by atoms with Crippen LogP contribution in [-0.2, 0) is 27.6 Å². The maximum atomic E-state index is 13.9. The van der Waals surface area contributed by atoms with Gasteiger partial charge in [0.05, 0.1) is 33.8 Å². The molecule has 2 aliphatic rings. The number of halogens is 6. The van der Waals surface area contributed by atoms with E-state index in [1.165, 1.54) is 38.1 Å². The summed E-state index contributed by atoms with van der Waals surface area (Å²) in [5, 5.41) is 13.4. The number of fused-ring (bicyclic) bond motifs is 2. The molecule has 214 valence electrons. The quantitative estimate of drug-likeness (QED) is 0.343. The van der Waals surface area contributed by atoms with Gasteiger partial charge in [-0.25, -0.2) is 8.42 Å². The molecule has 0 amide bonds. The molecule has 1 saturated carbocycles. The average Bonchev–Trinajstić information content (AvgIpc) is 3.66. The summed E-state index contributed by atoms with van der Waals surface area (Å²) in [5.41, 5.74) is -2.67. The predicted molar refractivity (Wildman–Crippen MR) is 133 cm³/mol. The number of ether oxygens (including phenoxy) is 1. The number of rotatable bonds is 5. The Hall–Kier alpha value is -3.52. The number of nitrogens with zero attached hydrogens (tertiary/aromatic N) is 2. The van der Waals surface area contributed by atoms with E-state index >= 15 is 0 Å². The lowest BCUT2D eigenvalue weighted by molar-refractivity contribution is -0.276. The van der Waals surface area contributed by atoms with Crippen molar-refractivity contribution in [1.29, 1.82) is 0 Å².